The van der Waals surface area contributed by atoms with Crippen LogP contribution in [0.1, 0.15) is 54.4 Å². The number of aryl methyl sites for hydroxylation is 1. The standard InChI is InChI=1S/C32H32F8N2O4/c33-25-16-24(17-26(18-25)46-32(39,40)28(34)35)30(19-22-10-5-3-6-11-22,42-29(45)41-20-31(36,37)38)23-13-8-12-21(15-23)9-4-1-2-7-14-27(43)44/h3,5-6,8,10-13,15-18,28H,1-2,4,7,9,14,19-20H2,(H,43,44)(H2,41,42,45)/t30-/m1/s1. The van der Waals surface area contributed by atoms with Gasteiger partial charge in [0, 0.05) is 18.9 Å². The third-order valence-corrected chi connectivity index (χ3v) is 6.99. The lowest BCUT2D eigenvalue weighted by molar-refractivity contribution is -0.253. The van der Waals surface area contributed by atoms with E-state index in [9.17, 15) is 40.3 Å². The fraction of sp³-hybridized carbons (Fsp3) is 0.375. The summed E-state index contributed by atoms with van der Waals surface area (Å²) in [5.74, 6) is -3.11. The Kier molecular flexibility index (Phi) is 12.4. The smallest absolute Gasteiger partial charge is 0.461 e. The van der Waals surface area contributed by atoms with Gasteiger partial charge in [-0.25, -0.2) is 9.18 Å². The number of carboxylic acids is 1. The predicted molar refractivity (Wildman–Crippen MR) is 152 cm³/mol. The molecule has 2 amide bonds. The van der Waals surface area contributed by atoms with Crippen molar-refractivity contribution in [3.05, 3.63) is 101 Å². The van der Waals surface area contributed by atoms with Crippen molar-refractivity contribution < 1.29 is 54.6 Å². The molecule has 250 valence electrons. The summed E-state index contributed by atoms with van der Waals surface area (Å²) in [6, 6.07) is 15.4. The number of aliphatic carboxylic acids is 1. The Morgan fingerprint density at radius 3 is 2.13 bits per heavy atom. The lowest BCUT2D eigenvalue weighted by Crippen LogP contribution is -2.53. The molecule has 0 saturated carbocycles. The van der Waals surface area contributed by atoms with Crippen LogP contribution in [0.2, 0.25) is 0 Å². The van der Waals surface area contributed by atoms with Crippen LogP contribution in [0.4, 0.5) is 39.9 Å². The summed E-state index contributed by atoms with van der Waals surface area (Å²) >= 11 is 0. The van der Waals surface area contributed by atoms with E-state index in [4.69, 9.17) is 5.11 Å². The molecule has 0 heterocycles. The second-order valence-electron chi connectivity index (χ2n) is 10.6. The molecule has 0 radical (unpaired) electrons. The zero-order valence-corrected chi connectivity index (χ0v) is 24.4. The van der Waals surface area contributed by atoms with Crippen LogP contribution in [-0.4, -0.2) is 42.4 Å². The van der Waals surface area contributed by atoms with Crippen molar-refractivity contribution in [2.24, 2.45) is 0 Å². The van der Waals surface area contributed by atoms with Crippen LogP contribution < -0.4 is 15.4 Å². The summed E-state index contributed by atoms with van der Waals surface area (Å²) < 4.78 is 112. The highest BCUT2D eigenvalue weighted by atomic mass is 19.4. The number of halogens is 8. The van der Waals surface area contributed by atoms with E-state index < -0.39 is 54.4 Å². The van der Waals surface area contributed by atoms with Gasteiger partial charge in [0.15, 0.2) is 0 Å². The van der Waals surface area contributed by atoms with Gasteiger partial charge < -0.3 is 20.5 Å². The number of nitrogens with one attached hydrogen (secondary N) is 2. The zero-order valence-electron chi connectivity index (χ0n) is 24.4. The number of unbranched alkanes of at least 4 members (excludes halogenated alkanes) is 3. The second-order valence-corrected chi connectivity index (χ2v) is 10.6. The molecule has 0 aliphatic heterocycles. The first-order valence-electron chi connectivity index (χ1n) is 14.2. The third-order valence-electron chi connectivity index (χ3n) is 6.99. The maximum atomic E-state index is 15.0. The van der Waals surface area contributed by atoms with Crippen molar-refractivity contribution in [1.82, 2.24) is 10.6 Å². The van der Waals surface area contributed by atoms with Gasteiger partial charge in [-0.2, -0.15) is 30.7 Å². The van der Waals surface area contributed by atoms with E-state index in [-0.39, 0.29) is 24.0 Å². The average Bonchev–Trinajstić information content (AvgIpc) is 2.97. The number of carbonyl (C=O) groups excluding carboxylic acids is 1. The summed E-state index contributed by atoms with van der Waals surface area (Å²) in [7, 11) is 0. The minimum atomic E-state index is -5.00. The summed E-state index contributed by atoms with van der Waals surface area (Å²) in [5, 5.41) is 13.0. The number of carbonyl (C=O) groups is 2. The van der Waals surface area contributed by atoms with Crippen LogP contribution in [-0.2, 0) is 23.2 Å². The first-order valence-corrected chi connectivity index (χ1v) is 14.2. The third kappa shape index (κ3) is 10.9. The first kappa shape index (κ1) is 36.1. The number of carboxylic acid groups (broad SMARTS) is 1. The van der Waals surface area contributed by atoms with E-state index >= 15 is 4.39 Å². The summed E-state index contributed by atoms with van der Waals surface area (Å²) in [6.45, 7) is -1.72. The monoisotopic (exact) mass is 660 g/mol. The van der Waals surface area contributed by atoms with Gasteiger partial charge in [-0.1, -0.05) is 67.4 Å². The molecule has 3 rings (SSSR count). The largest absolute Gasteiger partial charge is 0.481 e. The highest BCUT2D eigenvalue weighted by Crippen LogP contribution is 2.38. The SMILES string of the molecule is O=C(O)CCCCCCc1cccc([C@@](Cc2ccccc2)(NC(=O)NCC(F)(F)F)c2cc(F)cc(OC(F)(F)C(F)F)c2)c1. The molecule has 14 heteroatoms. The first-order chi connectivity index (χ1) is 21.6. The molecule has 46 heavy (non-hydrogen) atoms. The summed E-state index contributed by atoms with van der Waals surface area (Å²) in [4.78, 5) is 23.8. The molecule has 0 spiro atoms. The van der Waals surface area contributed by atoms with E-state index in [0.29, 0.717) is 49.3 Å². The van der Waals surface area contributed by atoms with Gasteiger partial charge in [0.2, 0.25) is 0 Å². The van der Waals surface area contributed by atoms with Crippen LogP contribution in [0.15, 0.2) is 72.8 Å². The van der Waals surface area contributed by atoms with Crippen LogP contribution in [0.3, 0.4) is 0 Å². The van der Waals surface area contributed by atoms with Crippen molar-refractivity contribution in [3.8, 4) is 5.75 Å². The normalized spacial score (nSPS) is 13.2. The van der Waals surface area contributed by atoms with E-state index in [1.54, 1.807) is 53.8 Å². The molecule has 0 bridgehead atoms. The Balaban J connectivity index is 2.13. The molecule has 0 saturated heterocycles. The number of benzene rings is 3. The van der Waals surface area contributed by atoms with Crippen molar-refractivity contribution in [2.45, 2.75) is 69.2 Å². The minimum Gasteiger partial charge on any atom is -0.481 e. The number of hydrogen-bond acceptors (Lipinski definition) is 3. The van der Waals surface area contributed by atoms with E-state index in [0.717, 1.165) is 12.1 Å². The Bertz CT molecular complexity index is 1450. The highest BCUT2D eigenvalue weighted by Gasteiger charge is 2.45. The number of ether oxygens (including phenoxy) is 1. The van der Waals surface area contributed by atoms with Crippen molar-refractivity contribution in [1.29, 1.82) is 0 Å². The van der Waals surface area contributed by atoms with E-state index in [1.165, 1.54) is 6.07 Å². The minimum absolute atomic E-state index is 0.0299. The lowest BCUT2D eigenvalue weighted by Gasteiger charge is -2.37. The molecule has 3 aromatic rings. The van der Waals surface area contributed by atoms with E-state index in [1.807, 2.05) is 0 Å². The van der Waals surface area contributed by atoms with Crippen LogP contribution in [0, 0.1) is 5.82 Å². The molecule has 3 aromatic carbocycles. The average molecular weight is 661 g/mol. The van der Waals surface area contributed by atoms with Gasteiger partial charge in [0.25, 0.3) is 0 Å². The number of alkyl halides is 7. The number of amides is 2. The van der Waals surface area contributed by atoms with Crippen molar-refractivity contribution in [3.63, 3.8) is 0 Å². The number of urea groups is 1. The van der Waals surface area contributed by atoms with Crippen LogP contribution in [0.25, 0.3) is 0 Å². The molecule has 3 N–H and O–H groups in total. The molecular weight excluding hydrogens is 628 g/mol. The van der Waals surface area contributed by atoms with Gasteiger partial charge >= 0.3 is 30.7 Å². The van der Waals surface area contributed by atoms with Crippen molar-refractivity contribution in [2.75, 3.05) is 6.54 Å². The molecule has 1 atom stereocenters. The van der Waals surface area contributed by atoms with Gasteiger partial charge in [0.1, 0.15) is 18.1 Å². The van der Waals surface area contributed by atoms with Crippen LogP contribution in [0.5, 0.6) is 5.75 Å². The molecule has 6 nitrogen and oxygen atoms in total. The number of rotatable bonds is 16. The molecule has 0 aliphatic rings. The fourth-order valence-corrected chi connectivity index (χ4v) is 4.90. The Labute approximate surface area is 259 Å². The molecule has 0 unspecified atom stereocenters. The zero-order chi connectivity index (χ0) is 34.0. The maximum Gasteiger partial charge on any atom is 0.461 e. The fourth-order valence-electron chi connectivity index (χ4n) is 4.90. The molecule has 0 aromatic heterocycles. The van der Waals surface area contributed by atoms with Gasteiger partial charge in [-0.05, 0) is 53.6 Å². The quantitative estimate of drug-likeness (QED) is 0.107. The predicted octanol–water partition coefficient (Wildman–Crippen LogP) is 7.99. The van der Waals surface area contributed by atoms with Crippen LogP contribution >= 0.6 is 0 Å². The molecular formula is C32H32F8N2O4. The highest BCUT2D eigenvalue weighted by molar-refractivity contribution is 5.76. The summed E-state index contributed by atoms with van der Waals surface area (Å²) in [6.07, 6.45) is -11.3. The second kappa shape index (κ2) is 15.8. The van der Waals surface area contributed by atoms with Gasteiger partial charge in [0.05, 0.1) is 5.54 Å². The van der Waals surface area contributed by atoms with E-state index in [2.05, 4.69) is 10.1 Å². The Morgan fingerprint density at radius 1 is 0.804 bits per heavy atom. The topological polar surface area (TPSA) is 87.7 Å². The van der Waals surface area contributed by atoms with Crippen molar-refractivity contribution >= 4 is 12.0 Å². The summed E-state index contributed by atoms with van der Waals surface area (Å²) in [5.41, 5.74) is -0.798. The Morgan fingerprint density at radius 2 is 1.48 bits per heavy atom. The van der Waals surface area contributed by atoms with Gasteiger partial charge in [-0.15, -0.1) is 0 Å². The molecule has 0 fully saturated rings. The molecule has 0 aliphatic carbocycles. The Hall–Kier alpha value is -4.36. The maximum absolute atomic E-state index is 15.0. The lowest BCUT2D eigenvalue weighted by atomic mass is 9.77. The number of hydrogen-bond donors (Lipinski definition) is 3. The van der Waals surface area contributed by atoms with Gasteiger partial charge in [-0.3, -0.25) is 4.79 Å².